The highest BCUT2D eigenvalue weighted by molar-refractivity contribution is 5.93. The van der Waals surface area contributed by atoms with Gasteiger partial charge in [0.05, 0.1) is 35.9 Å². The molecule has 0 radical (unpaired) electrons. The topological polar surface area (TPSA) is 92.3 Å². The fourth-order valence-electron chi connectivity index (χ4n) is 3.73. The third-order valence-corrected chi connectivity index (χ3v) is 5.32. The Morgan fingerprint density at radius 2 is 1.77 bits per heavy atom. The first kappa shape index (κ1) is 20.2. The third kappa shape index (κ3) is 4.58. The molecule has 30 heavy (non-hydrogen) atoms. The van der Waals surface area contributed by atoms with Gasteiger partial charge in [-0.15, -0.1) is 0 Å². The van der Waals surface area contributed by atoms with Crippen molar-refractivity contribution in [3.8, 4) is 5.69 Å². The maximum atomic E-state index is 12.7. The summed E-state index contributed by atoms with van der Waals surface area (Å²) in [5.41, 5.74) is 3.50. The molecular formula is C21H27N7O2. The highest BCUT2D eigenvalue weighted by atomic mass is 16.5. The van der Waals surface area contributed by atoms with Crippen LogP contribution in [0.4, 0.5) is 5.69 Å². The van der Waals surface area contributed by atoms with Crippen LogP contribution in [0, 0.1) is 20.8 Å². The predicted octanol–water partition coefficient (Wildman–Crippen LogP) is 1.94. The highest BCUT2D eigenvalue weighted by Crippen LogP contribution is 2.22. The second-order valence-corrected chi connectivity index (χ2v) is 7.63. The van der Waals surface area contributed by atoms with E-state index in [9.17, 15) is 4.79 Å². The number of benzene rings is 1. The van der Waals surface area contributed by atoms with Gasteiger partial charge in [-0.1, -0.05) is 23.4 Å². The number of nitrogens with zero attached hydrogens (tertiary/aromatic N) is 6. The maximum Gasteiger partial charge on any atom is 0.240 e. The standard InChI is InChI=1S/C21H27N7O2/c1-15-21(16(2)28(24-15)18-7-5-4-6-8-18)23-19(29)13-26-9-11-27(12-10-26)14-20-22-17(3)25-30-20/h4-8H,9-14H2,1-3H3,(H,23,29). The van der Waals surface area contributed by atoms with Crippen LogP contribution in [0.15, 0.2) is 34.9 Å². The van der Waals surface area contributed by atoms with E-state index < -0.39 is 0 Å². The van der Waals surface area contributed by atoms with E-state index in [1.165, 1.54) is 0 Å². The molecule has 0 saturated carbocycles. The van der Waals surface area contributed by atoms with Crippen molar-refractivity contribution in [1.29, 1.82) is 0 Å². The molecule has 0 unspecified atom stereocenters. The van der Waals surface area contributed by atoms with Gasteiger partial charge in [0.25, 0.3) is 0 Å². The molecule has 1 aliphatic rings. The molecule has 4 rings (SSSR count). The molecule has 0 bridgehead atoms. The van der Waals surface area contributed by atoms with E-state index in [2.05, 4.69) is 30.4 Å². The number of rotatable bonds is 6. The first-order chi connectivity index (χ1) is 14.5. The maximum absolute atomic E-state index is 12.7. The zero-order valence-corrected chi connectivity index (χ0v) is 17.6. The van der Waals surface area contributed by atoms with Crippen molar-refractivity contribution in [2.45, 2.75) is 27.3 Å². The van der Waals surface area contributed by atoms with Crippen LogP contribution in [0.25, 0.3) is 5.69 Å². The Hall–Kier alpha value is -3.04. The van der Waals surface area contributed by atoms with Crippen LogP contribution >= 0.6 is 0 Å². The van der Waals surface area contributed by atoms with Gasteiger partial charge in [0.1, 0.15) is 0 Å². The summed E-state index contributed by atoms with van der Waals surface area (Å²) >= 11 is 0. The zero-order chi connectivity index (χ0) is 21.1. The second-order valence-electron chi connectivity index (χ2n) is 7.63. The molecule has 9 heteroatoms. The number of piperazine rings is 1. The van der Waals surface area contributed by atoms with Gasteiger partial charge in [-0.3, -0.25) is 14.6 Å². The average molecular weight is 409 g/mol. The van der Waals surface area contributed by atoms with Crippen molar-refractivity contribution in [2.75, 3.05) is 38.0 Å². The fourth-order valence-corrected chi connectivity index (χ4v) is 3.73. The summed E-state index contributed by atoms with van der Waals surface area (Å²) in [4.78, 5) is 21.4. The summed E-state index contributed by atoms with van der Waals surface area (Å²) in [5, 5.41) is 11.5. The lowest BCUT2D eigenvalue weighted by Gasteiger charge is -2.33. The van der Waals surface area contributed by atoms with Crippen molar-refractivity contribution >= 4 is 11.6 Å². The van der Waals surface area contributed by atoms with Crippen molar-refractivity contribution in [1.82, 2.24) is 29.7 Å². The van der Waals surface area contributed by atoms with E-state index in [1.807, 2.05) is 55.8 Å². The normalized spacial score (nSPS) is 15.4. The number of para-hydroxylation sites is 1. The molecule has 1 amide bonds. The van der Waals surface area contributed by atoms with Crippen LogP contribution in [0.1, 0.15) is 23.1 Å². The average Bonchev–Trinajstić information content (AvgIpc) is 3.27. The Bertz CT molecular complexity index is 1000. The molecule has 1 saturated heterocycles. The molecule has 1 aliphatic heterocycles. The minimum atomic E-state index is -0.0187. The molecule has 2 aromatic heterocycles. The zero-order valence-electron chi connectivity index (χ0n) is 17.6. The largest absolute Gasteiger partial charge is 0.338 e. The Morgan fingerprint density at radius 1 is 1.07 bits per heavy atom. The monoisotopic (exact) mass is 409 g/mol. The molecule has 0 spiro atoms. The van der Waals surface area contributed by atoms with Crippen molar-refractivity contribution < 1.29 is 9.32 Å². The summed E-state index contributed by atoms with van der Waals surface area (Å²) in [5.74, 6) is 1.27. The van der Waals surface area contributed by atoms with Gasteiger partial charge in [-0.25, -0.2) is 4.68 Å². The molecular weight excluding hydrogens is 382 g/mol. The minimum absolute atomic E-state index is 0.0187. The first-order valence-electron chi connectivity index (χ1n) is 10.1. The van der Waals surface area contributed by atoms with Gasteiger partial charge in [0.2, 0.25) is 11.8 Å². The quantitative estimate of drug-likeness (QED) is 0.665. The number of carbonyl (C=O) groups excluding carboxylic acids is 1. The van der Waals surface area contributed by atoms with E-state index >= 15 is 0 Å². The summed E-state index contributed by atoms with van der Waals surface area (Å²) in [6, 6.07) is 9.92. The van der Waals surface area contributed by atoms with Crippen molar-refractivity contribution in [3.05, 3.63) is 53.4 Å². The van der Waals surface area contributed by atoms with E-state index in [0.29, 0.717) is 24.8 Å². The van der Waals surface area contributed by atoms with Gasteiger partial charge in [0.15, 0.2) is 5.82 Å². The summed E-state index contributed by atoms with van der Waals surface area (Å²) in [6.07, 6.45) is 0. The molecule has 1 aromatic carbocycles. The number of nitrogens with one attached hydrogen (secondary N) is 1. The third-order valence-electron chi connectivity index (χ3n) is 5.32. The van der Waals surface area contributed by atoms with Gasteiger partial charge < -0.3 is 9.84 Å². The van der Waals surface area contributed by atoms with Gasteiger partial charge in [0, 0.05) is 26.2 Å². The lowest BCUT2D eigenvalue weighted by atomic mass is 10.2. The molecule has 0 atom stereocenters. The van der Waals surface area contributed by atoms with Crippen molar-refractivity contribution in [2.24, 2.45) is 0 Å². The molecule has 1 N–H and O–H groups in total. The van der Waals surface area contributed by atoms with Crippen molar-refractivity contribution in [3.63, 3.8) is 0 Å². The van der Waals surface area contributed by atoms with E-state index in [-0.39, 0.29) is 5.91 Å². The molecule has 158 valence electrons. The molecule has 9 nitrogen and oxygen atoms in total. The number of anilines is 1. The van der Waals surface area contributed by atoms with Crippen LogP contribution < -0.4 is 5.32 Å². The predicted molar refractivity (Wildman–Crippen MR) is 112 cm³/mol. The Morgan fingerprint density at radius 3 is 2.43 bits per heavy atom. The lowest BCUT2D eigenvalue weighted by Crippen LogP contribution is -2.48. The van der Waals surface area contributed by atoms with Gasteiger partial charge >= 0.3 is 0 Å². The molecule has 3 aromatic rings. The van der Waals surface area contributed by atoms with E-state index in [0.717, 1.165) is 48.9 Å². The Kier molecular flexibility index (Phi) is 5.91. The van der Waals surface area contributed by atoms with Crippen LogP contribution in [-0.2, 0) is 11.3 Å². The second kappa shape index (κ2) is 8.76. The number of carbonyl (C=O) groups is 1. The number of hydrogen-bond donors (Lipinski definition) is 1. The molecule has 0 aliphatic carbocycles. The summed E-state index contributed by atoms with van der Waals surface area (Å²) in [6.45, 7) is 10.1. The van der Waals surface area contributed by atoms with E-state index in [4.69, 9.17) is 4.52 Å². The van der Waals surface area contributed by atoms with Crippen LogP contribution in [0.2, 0.25) is 0 Å². The number of aryl methyl sites for hydroxylation is 2. The van der Waals surface area contributed by atoms with Gasteiger partial charge in [-0.2, -0.15) is 10.1 Å². The molecule has 3 heterocycles. The Balaban J connectivity index is 1.31. The summed E-state index contributed by atoms with van der Waals surface area (Å²) in [7, 11) is 0. The van der Waals surface area contributed by atoms with Crippen LogP contribution in [0.5, 0.6) is 0 Å². The van der Waals surface area contributed by atoms with E-state index in [1.54, 1.807) is 0 Å². The Labute approximate surface area is 175 Å². The molecule has 1 fully saturated rings. The van der Waals surface area contributed by atoms with Crippen LogP contribution in [-0.4, -0.2) is 68.4 Å². The SMILES string of the molecule is Cc1noc(CN2CCN(CC(=O)Nc3c(C)nn(-c4ccccc4)c3C)CC2)n1. The highest BCUT2D eigenvalue weighted by Gasteiger charge is 2.22. The smallest absolute Gasteiger partial charge is 0.240 e. The number of aromatic nitrogens is 4. The van der Waals surface area contributed by atoms with Crippen LogP contribution in [0.3, 0.4) is 0 Å². The number of amides is 1. The summed E-state index contributed by atoms with van der Waals surface area (Å²) < 4.78 is 7.06. The minimum Gasteiger partial charge on any atom is -0.338 e. The first-order valence-corrected chi connectivity index (χ1v) is 10.1. The fraction of sp³-hybridized carbons (Fsp3) is 0.429. The lowest BCUT2D eigenvalue weighted by molar-refractivity contribution is -0.117. The number of hydrogen-bond acceptors (Lipinski definition) is 7. The van der Waals surface area contributed by atoms with Gasteiger partial charge in [-0.05, 0) is 32.9 Å².